The van der Waals surface area contributed by atoms with Crippen LogP contribution in [0.15, 0.2) is 48.5 Å². The number of nitrogens with zero attached hydrogens (tertiary/aromatic N) is 1. The molecule has 9 heteroatoms. The summed E-state index contributed by atoms with van der Waals surface area (Å²) < 4.78 is 30.3. The lowest BCUT2D eigenvalue weighted by Crippen LogP contribution is -2.43. The monoisotopic (exact) mass is 499 g/mol. The molecule has 4 rings (SSSR count). The quantitative estimate of drug-likeness (QED) is 0.619. The van der Waals surface area contributed by atoms with Gasteiger partial charge < -0.3 is 29.7 Å². The number of carbonyl (C=O) groups is 2. The van der Waals surface area contributed by atoms with E-state index in [1.54, 1.807) is 20.8 Å². The summed E-state index contributed by atoms with van der Waals surface area (Å²) in [5, 5.41) is 5.68. The summed E-state index contributed by atoms with van der Waals surface area (Å²) in [5.74, 6) is 0.411. The van der Waals surface area contributed by atoms with Crippen LogP contribution in [0.3, 0.4) is 0 Å². The van der Waals surface area contributed by atoms with E-state index in [1.807, 2.05) is 53.4 Å². The number of ether oxygens (including phenoxy) is 3. The van der Waals surface area contributed by atoms with Crippen LogP contribution in [-0.2, 0) is 22.5 Å². The van der Waals surface area contributed by atoms with Gasteiger partial charge in [0.1, 0.15) is 24.6 Å². The number of hydrogen-bond acceptors (Lipinski definition) is 6. The first-order valence-electron chi connectivity index (χ1n) is 12.2. The van der Waals surface area contributed by atoms with Gasteiger partial charge in [-0.1, -0.05) is 36.4 Å². The van der Waals surface area contributed by atoms with E-state index < -0.39 is 24.5 Å². The van der Waals surface area contributed by atoms with Crippen molar-refractivity contribution < 1.29 is 28.2 Å². The maximum absolute atomic E-state index is 13.7. The molecule has 2 aromatic rings. The zero-order valence-corrected chi connectivity index (χ0v) is 21.0. The van der Waals surface area contributed by atoms with Crippen molar-refractivity contribution in [3.05, 3.63) is 59.7 Å². The molecule has 0 aliphatic carbocycles. The van der Waals surface area contributed by atoms with Gasteiger partial charge in [0.05, 0.1) is 18.8 Å². The van der Waals surface area contributed by atoms with Gasteiger partial charge in [-0.15, -0.1) is 0 Å². The molecule has 0 unspecified atom stereocenters. The Labute approximate surface area is 211 Å². The SMILES string of the molecule is CC(C)(C)OC(=O)N[C@@H]1CN(c2ccc3c(c2)OC[C@H](NC(=O)OCc2ccccc2)C3)C[C@@H]1CF. The van der Waals surface area contributed by atoms with E-state index >= 15 is 0 Å². The van der Waals surface area contributed by atoms with Crippen molar-refractivity contribution >= 4 is 17.9 Å². The van der Waals surface area contributed by atoms with Crippen LogP contribution < -0.4 is 20.3 Å². The Bertz CT molecular complexity index is 1060. The number of anilines is 1. The lowest BCUT2D eigenvalue weighted by Gasteiger charge is -2.28. The van der Waals surface area contributed by atoms with Crippen molar-refractivity contribution in [2.75, 3.05) is 31.3 Å². The van der Waals surface area contributed by atoms with E-state index in [9.17, 15) is 14.0 Å². The molecule has 0 aromatic heterocycles. The molecule has 2 aliphatic rings. The number of alkyl halides is 1. The second-order valence-electron chi connectivity index (χ2n) is 10.3. The fraction of sp³-hybridized carbons (Fsp3) is 0.481. The maximum Gasteiger partial charge on any atom is 0.407 e. The zero-order valence-electron chi connectivity index (χ0n) is 21.0. The van der Waals surface area contributed by atoms with Gasteiger partial charge in [0.25, 0.3) is 0 Å². The van der Waals surface area contributed by atoms with Crippen LogP contribution in [0.4, 0.5) is 19.7 Å². The van der Waals surface area contributed by atoms with Crippen LogP contribution in [0.25, 0.3) is 0 Å². The van der Waals surface area contributed by atoms with E-state index in [-0.39, 0.29) is 24.6 Å². The van der Waals surface area contributed by atoms with E-state index in [2.05, 4.69) is 10.6 Å². The predicted octanol–water partition coefficient (Wildman–Crippen LogP) is 4.22. The molecule has 0 spiro atoms. The smallest absolute Gasteiger partial charge is 0.407 e. The zero-order chi connectivity index (χ0) is 25.7. The second-order valence-corrected chi connectivity index (χ2v) is 10.3. The third-order valence-corrected chi connectivity index (χ3v) is 6.20. The molecule has 1 fully saturated rings. The van der Waals surface area contributed by atoms with Crippen molar-refractivity contribution in [1.29, 1.82) is 0 Å². The van der Waals surface area contributed by atoms with Crippen molar-refractivity contribution in [2.24, 2.45) is 5.92 Å². The van der Waals surface area contributed by atoms with Gasteiger partial charge in [0.15, 0.2) is 0 Å². The van der Waals surface area contributed by atoms with Crippen LogP contribution in [-0.4, -0.2) is 56.2 Å². The average Bonchev–Trinajstić information content (AvgIpc) is 3.24. The third-order valence-electron chi connectivity index (χ3n) is 6.20. The fourth-order valence-electron chi connectivity index (χ4n) is 4.44. The average molecular weight is 500 g/mol. The van der Waals surface area contributed by atoms with Gasteiger partial charge in [-0.05, 0) is 44.4 Å². The van der Waals surface area contributed by atoms with Gasteiger partial charge in [-0.2, -0.15) is 0 Å². The van der Waals surface area contributed by atoms with Gasteiger partial charge in [-0.25, -0.2) is 9.59 Å². The molecular weight excluding hydrogens is 465 g/mol. The molecule has 0 saturated carbocycles. The number of hydrogen-bond donors (Lipinski definition) is 2. The fourth-order valence-corrected chi connectivity index (χ4v) is 4.44. The van der Waals surface area contributed by atoms with Crippen LogP contribution in [0.1, 0.15) is 31.9 Å². The van der Waals surface area contributed by atoms with Crippen molar-refractivity contribution in [3.63, 3.8) is 0 Å². The number of nitrogens with one attached hydrogen (secondary N) is 2. The minimum Gasteiger partial charge on any atom is -0.491 e. The van der Waals surface area contributed by atoms with Crippen molar-refractivity contribution in [3.8, 4) is 5.75 Å². The molecule has 2 aromatic carbocycles. The Morgan fingerprint density at radius 3 is 2.58 bits per heavy atom. The number of alkyl carbamates (subject to hydrolysis) is 2. The Morgan fingerprint density at radius 1 is 1.08 bits per heavy atom. The molecule has 194 valence electrons. The first-order valence-corrected chi connectivity index (χ1v) is 12.2. The lowest BCUT2D eigenvalue weighted by atomic mass is 10.0. The minimum absolute atomic E-state index is 0.197. The highest BCUT2D eigenvalue weighted by atomic mass is 19.1. The van der Waals surface area contributed by atoms with Crippen LogP contribution in [0, 0.1) is 5.92 Å². The topological polar surface area (TPSA) is 89.1 Å². The highest BCUT2D eigenvalue weighted by Gasteiger charge is 2.35. The summed E-state index contributed by atoms with van der Waals surface area (Å²) in [6.45, 7) is 6.33. The molecule has 8 nitrogen and oxygen atoms in total. The predicted molar refractivity (Wildman–Crippen MR) is 134 cm³/mol. The molecule has 0 bridgehead atoms. The number of halogens is 1. The molecule has 2 aliphatic heterocycles. The number of rotatable bonds is 6. The summed E-state index contributed by atoms with van der Waals surface area (Å²) in [4.78, 5) is 26.4. The van der Waals surface area contributed by atoms with E-state index in [4.69, 9.17) is 14.2 Å². The second kappa shape index (κ2) is 11.1. The first-order chi connectivity index (χ1) is 17.2. The highest BCUT2D eigenvalue weighted by Crippen LogP contribution is 2.32. The molecule has 2 N–H and O–H groups in total. The van der Waals surface area contributed by atoms with Crippen molar-refractivity contribution in [1.82, 2.24) is 10.6 Å². The largest absolute Gasteiger partial charge is 0.491 e. The van der Waals surface area contributed by atoms with Gasteiger partial charge in [0.2, 0.25) is 0 Å². The molecule has 0 radical (unpaired) electrons. The van der Waals surface area contributed by atoms with Crippen LogP contribution in [0.5, 0.6) is 5.75 Å². The van der Waals surface area contributed by atoms with Gasteiger partial charge in [-0.3, -0.25) is 4.39 Å². The highest BCUT2D eigenvalue weighted by molar-refractivity contribution is 5.69. The Hall–Kier alpha value is -3.49. The molecule has 2 amide bonds. The van der Waals surface area contributed by atoms with E-state index in [1.165, 1.54) is 0 Å². The van der Waals surface area contributed by atoms with E-state index in [0.717, 1.165) is 22.6 Å². The molecule has 36 heavy (non-hydrogen) atoms. The molecule has 1 saturated heterocycles. The standard InChI is InChI=1S/C27H34FN3O5/c1-27(2,3)36-26(33)30-23-15-31(14-20(23)13-28)22-10-9-19-11-21(17-34-24(19)12-22)29-25(32)35-16-18-7-5-4-6-8-18/h4-10,12,20-21,23H,11,13-17H2,1-3H3,(H,29,32)(H,30,33)/t20-,21+,23+/m0/s1. The minimum atomic E-state index is -0.616. The number of benzene rings is 2. The van der Waals surface area contributed by atoms with Crippen LogP contribution >= 0.6 is 0 Å². The Kier molecular flexibility index (Phi) is 7.86. The summed E-state index contributed by atoms with van der Waals surface area (Å²) in [6.07, 6.45) is -0.404. The number of fused-ring (bicyclic) bond motifs is 1. The Balaban J connectivity index is 1.31. The summed E-state index contributed by atoms with van der Waals surface area (Å²) in [5.41, 5.74) is 2.18. The van der Waals surface area contributed by atoms with Gasteiger partial charge in [0, 0.05) is 30.8 Å². The normalized spacial score (nSPS) is 21.2. The summed E-state index contributed by atoms with van der Waals surface area (Å²) >= 11 is 0. The van der Waals surface area contributed by atoms with Gasteiger partial charge >= 0.3 is 12.2 Å². The molecule has 3 atom stereocenters. The summed E-state index contributed by atoms with van der Waals surface area (Å²) in [6, 6.07) is 14.8. The maximum atomic E-state index is 13.7. The Morgan fingerprint density at radius 2 is 1.86 bits per heavy atom. The van der Waals surface area contributed by atoms with Crippen LogP contribution in [0.2, 0.25) is 0 Å². The van der Waals surface area contributed by atoms with Crippen molar-refractivity contribution in [2.45, 2.75) is 51.5 Å². The molecular formula is C27H34FN3O5. The number of amides is 2. The first kappa shape index (κ1) is 25.6. The third kappa shape index (κ3) is 6.80. The summed E-state index contributed by atoms with van der Waals surface area (Å²) in [7, 11) is 0. The molecule has 2 heterocycles. The van der Waals surface area contributed by atoms with E-state index in [0.29, 0.717) is 26.1 Å². The lowest BCUT2D eigenvalue weighted by molar-refractivity contribution is 0.0494. The number of carbonyl (C=O) groups excluding carboxylic acids is 2.